The van der Waals surface area contributed by atoms with Crippen molar-refractivity contribution in [1.82, 2.24) is 10.0 Å². The van der Waals surface area contributed by atoms with Gasteiger partial charge >= 0.3 is 5.97 Å². The van der Waals surface area contributed by atoms with Crippen LogP contribution in [0.1, 0.15) is 53.8 Å². The number of hydrogen-bond donors (Lipinski definition) is 0. The average molecular weight is 439 g/mol. The van der Waals surface area contributed by atoms with E-state index >= 15 is 0 Å². The minimum Gasteiger partial charge on any atom is -0.425 e. The molecule has 2 atom stereocenters. The third-order valence-electron chi connectivity index (χ3n) is 6.53. The van der Waals surface area contributed by atoms with Crippen molar-refractivity contribution in [3.63, 3.8) is 0 Å². The number of esters is 1. The molecule has 0 spiro atoms. The molecule has 33 heavy (non-hydrogen) atoms. The molecule has 1 fully saturated rings. The second-order valence-electron chi connectivity index (χ2n) is 9.03. The van der Waals surface area contributed by atoms with Crippen LogP contribution in [0.15, 0.2) is 103 Å². The molecule has 2 aliphatic heterocycles. The Morgan fingerprint density at radius 3 is 2.00 bits per heavy atom. The fourth-order valence-electron chi connectivity index (χ4n) is 4.86. The van der Waals surface area contributed by atoms with Crippen LogP contribution in [0.2, 0.25) is 0 Å². The van der Waals surface area contributed by atoms with E-state index in [1.165, 1.54) is 0 Å². The molecule has 1 saturated heterocycles. The topological polar surface area (TPSA) is 49.9 Å². The molecule has 5 nitrogen and oxygen atoms in total. The van der Waals surface area contributed by atoms with Crippen LogP contribution in [0.3, 0.4) is 0 Å². The van der Waals surface area contributed by atoms with Crippen LogP contribution in [0.25, 0.3) is 0 Å². The van der Waals surface area contributed by atoms with Gasteiger partial charge < -0.3 is 4.74 Å². The zero-order valence-corrected chi connectivity index (χ0v) is 18.7. The smallest absolute Gasteiger partial charge is 0.343 e. The highest BCUT2D eigenvalue weighted by Gasteiger charge is 2.53. The predicted octanol–water partition coefficient (Wildman–Crippen LogP) is 5.66. The number of benzene rings is 3. The molecule has 0 saturated carbocycles. The van der Waals surface area contributed by atoms with Crippen LogP contribution in [-0.2, 0) is 9.53 Å². The Morgan fingerprint density at radius 1 is 0.848 bits per heavy atom. The highest BCUT2D eigenvalue weighted by Crippen LogP contribution is 2.54. The van der Waals surface area contributed by atoms with Gasteiger partial charge in [-0.2, -0.15) is 5.01 Å². The van der Waals surface area contributed by atoms with Crippen LogP contribution in [0.5, 0.6) is 0 Å². The SMILES string of the molecule is CC1(C)C(OC(=O)c2ccccc2)=CN2C(=O)C[C@H](c3ccccc3)N2[C@@H]1c1ccccc1. The van der Waals surface area contributed by atoms with Gasteiger partial charge in [-0.1, -0.05) is 92.7 Å². The fourth-order valence-corrected chi connectivity index (χ4v) is 4.86. The van der Waals surface area contributed by atoms with Crippen molar-refractivity contribution >= 4 is 11.9 Å². The predicted molar refractivity (Wildman–Crippen MR) is 125 cm³/mol. The maximum Gasteiger partial charge on any atom is 0.343 e. The van der Waals surface area contributed by atoms with Crippen molar-refractivity contribution in [3.8, 4) is 0 Å². The van der Waals surface area contributed by atoms with E-state index in [1.807, 2.05) is 42.5 Å². The molecular weight excluding hydrogens is 412 g/mol. The molecule has 166 valence electrons. The first-order valence-corrected chi connectivity index (χ1v) is 11.2. The lowest BCUT2D eigenvalue weighted by Crippen LogP contribution is -2.50. The highest BCUT2D eigenvalue weighted by molar-refractivity contribution is 5.90. The standard InChI is InChI=1S/C28H26N2O3/c1-28(2)24(33-27(32)22-16-10-5-11-17-22)19-29-25(31)18-23(20-12-6-3-7-13-20)30(29)26(28)21-14-8-4-9-15-21/h3-17,19,23,26H,18H2,1-2H3/t23-,26-/m1/s1. The highest BCUT2D eigenvalue weighted by atomic mass is 16.5. The van der Waals surface area contributed by atoms with Crippen molar-refractivity contribution < 1.29 is 14.3 Å². The number of nitrogens with zero attached hydrogens (tertiary/aromatic N) is 2. The van der Waals surface area contributed by atoms with Crippen molar-refractivity contribution in [2.24, 2.45) is 5.41 Å². The Morgan fingerprint density at radius 2 is 1.39 bits per heavy atom. The van der Waals surface area contributed by atoms with Gasteiger partial charge in [-0.05, 0) is 23.3 Å². The number of hydrogen-bond acceptors (Lipinski definition) is 4. The summed E-state index contributed by atoms with van der Waals surface area (Å²) >= 11 is 0. The summed E-state index contributed by atoms with van der Waals surface area (Å²) in [6.07, 6.45) is 2.06. The minimum absolute atomic E-state index is 0.0199. The van der Waals surface area contributed by atoms with Crippen molar-refractivity contribution in [3.05, 3.63) is 120 Å². The Labute approximate surface area is 193 Å². The van der Waals surface area contributed by atoms with E-state index in [1.54, 1.807) is 35.5 Å². The number of carbonyl (C=O) groups is 2. The van der Waals surface area contributed by atoms with Crippen molar-refractivity contribution in [2.45, 2.75) is 32.4 Å². The monoisotopic (exact) mass is 438 g/mol. The quantitative estimate of drug-likeness (QED) is 0.494. The zero-order valence-electron chi connectivity index (χ0n) is 18.7. The lowest BCUT2D eigenvalue weighted by molar-refractivity contribution is -0.144. The van der Waals surface area contributed by atoms with Crippen LogP contribution < -0.4 is 0 Å². The number of carbonyl (C=O) groups excluding carboxylic acids is 2. The number of hydrazine groups is 1. The summed E-state index contributed by atoms with van der Waals surface area (Å²) in [5.74, 6) is 0.0264. The minimum atomic E-state index is -0.583. The van der Waals surface area contributed by atoms with Gasteiger partial charge in [0.25, 0.3) is 0 Å². The van der Waals surface area contributed by atoms with E-state index in [2.05, 4.69) is 43.1 Å². The summed E-state index contributed by atoms with van der Waals surface area (Å²) in [5.41, 5.74) is 2.04. The molecule has 2 aliphatic rings. The van der Waals surface area contributed by atoms with E-state index in [0.29, 0.717) is 17.7 Å². The molecular formula is C28H26N2O3. The molecule has 1 amide bonds. The summed E-state index contributed by atoms with van der Waals surface area (Å²) in [5, 5.41) is 3.79. The van der Waals surface area contributed by atoms with Crippen molar-refractivity contribution in [2.75, 3.05) is 0 Å². The second kappa shape index (κ2) is 8.34. The number of fused-ring (bicyclic) bond motifs is 1. The Hall–Kier alpha value is -3.70. The third-order valence-corrected chi connectivity index (χ3v) is 6.53. The molecule has 3 aromatic carbocycles. The van der Waals surface area contributed by atoms with Gasteiger partial charge in [-0.3, -0.25) is 4.79 Å². The fraction of sp³-hybridized carbons (Fsp3) is 0.214. The summed E-state index contributed by atoms with van der Waals surface area (Å²) in [6, 6.07) is 28.8. The van der Waals surface area contributed by atoms with Crippen LogP contribution in [0, 0.1) is 5.41 Å². The molecule has 3 aromatic rings. The van der Waals surface area contributed by atoms with E-state index in [9.17, 15) is 9.59 Å². The van der Waals surface area contributed by atoms with Gasteiger partial charge in [0.15, 0.2) is 0 Å². The molecule has 0 N–H and O–H groups in total. The molecule has 0 aromatic heterocycles. The molecule has 5 heteroatoms. The van der Waals surface area contributed by atoms with E-state index in [-0.39, 0.29) is 18.0 Å². The van der Waals surface area contributed by atoms with Gasteiger partial charge in [0.2, 0.25) is 5.91 Å². The zero-order chi connectivity index (χ0) is 23.0. The van der Waals surface area contributed by atoms with Crippen LogP contribution in [0.4, 0.5) is 0 Å². The van der Waals surface area contributed by atoms with Gasteiger partial charge in [-0.25, -0.2) is 9.80 Å². The van der Waals surface area contributed by atoms with Gasteiger partial charge in [0, 0.05) is 5.41 Å². The maximum atomic E-state index is 13.2. The number of amides is 1. The third kappa shape index (κ3) is 3.74. The number of rotatable bonds is 4. The summed E-state index contributed by atoms with van der Waals surface area (Å²) in [7, 11) is 0. The van der Waals surface area contributed by atoms with Crippen molar-refractivity contribution in [1.29, 1.82) is 0 Å². The molecule has 0 unspecified atom stereocenters. The first kappa shape index (κ1) is 21.2. The first-order chi connectivity index (χ1) is 16.0. The Bertz CT molecular complexity index is 1190. The molecule has 0 radical (unpaired) electrons. The molecule has 0 aliphatic carbocycles. The summed E-state index contributed by atoms with van der Waals surface area (Å²) < 4.78 is 5.94. The summed E-state index contributed by atoms with van der Waals surface area (Å²) in [6.45, 7) is 4.13. The van der Waals surface area contributed by atoms with Crippen LogP contribution >= 0.6 is 0 Å². The first-order valence-electron chi connectivity index (χ1n) is 11.2. The van der Waals surface area contributed by atoms with E-state index < -0.39 is 11.4 Å². The second-order valence-corrected chi connectivity index (χ2v) is 9.03. The Kier molecular flexibility index (Phi) is 5.35. The largest absolute Gasteiger partial charge is 0.425 e. The normalized spacial score (nSPS) is 21.9. The molecule has 0 bridgehead atoms. The summed E-state index contributed by atoms with van der Waals surface area (Å²) in [4.78, 5) is 26.1. The van der Waals surface area contributed by atoms with Gasteiger partial charge in [0.05, 0.1) is 30.3 Å². The average Bonchev–Trinajstić information content (AvgIpc) is 3.16. The lowest BCUT2D eigenvalue weighted by Gasteiger charge is -2.49. The van der Waals surface area contributed by atoms with E-state index in [0.717, 1.165) is 11.1 Å². The molecule has 5 rings (SSSR count). The van der Waals surface area contributed by atoms with Gasteiger partial charge in [0.1, 0.15) is 5.76 Å². The van der Waals surface area contributed by atoms with E-state index in [4.69, 9.17) is 4.74 Å². The Balaban J connectivity index is 1.60. The molecule has 2 heterocycles. The number of ether oxygens (including phenoxy) is 1. The maximum absolute atomic E-state index is 13.2. The van der Waals surface area contributed by atoms with Gasteiger partial charge in [-0.15, -0.1) is 0 Å². The van der Waals surface area contributed by atoms with Crippen LogP contribution in [-0.4, -0.2) is 21.9 Å². The lowest BCUT2D eigenvalue weighted by atomic mass is 9.76.